The van der Waals surface area contributed by atoms with Crippen LogP contribution in [0.25, 0.3) is 0 Å². The molecule has 4 heteroatoms. The van der Waals surface area contributed by atoms with Gasteiger partial charge in [-0.25, -0.2) is 0 Å². The summed E-state index contributed by atoms with van der Waals surface area (Å²) in [5, 5.41) is 3.06. The number of alkyl halides is 2. The molecule has 0 spiro atoms. The van der Waals surface area contributed by atoms with E-state index in [1.807, 2.05) is 0 Å². The Labute approximate surface area is 77.2 Å². The summed E-state index contributed by atoms with van der Waals surface area (Å²) in [5.74, 6) is 0.400. The van der Waals surface area contributed by atoms with Crippen LogP contribution in [0.15, 0.2) is 0 Å². The van der Waals surface area contributed by atoms with E-state index < -0.39 is 0 Å². The highest BCUT2D eigenvalue weighted by atomic mass is 35.5. The van der Waals surface area contributed by atoms with Gasteiger partial charge in [-0.2, -0.15) is 0 Å². The summed E-state index contributed by atoms with van der Waals surface area (Å²) in [6.07, 6.45) is 2.02. The fraction of sp³-hybridized carbons (Fsp3) is 1.00. The maximum Gasteiger partial charge on any atom is 0.0887 e. The van der Waals surface area contributed by atoms with Gasteiger partial charge in [-0.15, -0.1) is 23.2 Å². The third-order valence-corrected chi connectivity index (χ3v) is 2.75. The van der Waals surface area contributed by atoms with Gasteiger partial charge in [-0.1, -0.05) is 0 Å². The molecule has 0 saturated carbocycles. The molecule has 1 fully saturated rings. The third kappa shape index (κ3) is 2.79. The van der Waals surface area contributed by atoms with E-state index in [-0.39, 0.29) is 11.0 Å². The molecule has 3 atom stereocenters. The van der Waals surface area contributed by atoms with E-state index in [1.165, 1.54) is 0 Å². The third-order valence-electron chi connectivity index (χ3n) is 1.93. The summed E-state index contributed by atoms with van der Waals surface area (Å²) in [6, 6.07) is 0. The van der Waals surface area contributed by atoms with Crippen LogP contribution in [-0.4, -0.2) is 24.7 Å². The van der Waals surface area contributed by atoms with Gasteiger partial charge in [0, 0.05) is 13.0 Å². The lowest BCUT2D eigenvalue weighted by atomic mass is 10.0. The molecule has 1 saturated heterocycles. The van der Waals surface area contributed by atoms with Crippen molar-refractivity contribution in [2.45, 2.75) is 23.8 Å². The molecule has 0 aromatic carbocycles. The Morgan fingerprint density at radius 3 is 2.73 bits per heavy atom. The van der Waals surface area contributed by atoms with Crippen LogP contribution in [0.2, 0.25) is 0 Å². The monoisotopic (exact) mass is 197 g/mol. The normalized spacial score (nSPS) is 39.0. The molecule has 0 bridgehead atoms. The Bertz CT molecular complexity index is 123. The molecule has 1 heterocycles. The fourth-order valence-corrected chi connectivity index (χ4v) is 1.96. The van der Waals surface area contributed by atoms with Crippen molar-refractivity contribution in [2.75, 3.05) is 13.7 Å². The predicted octanol–water partition coefficient (Wildman–Crippen LogP) is 1.76. The average Bonchev–Trinajstić information content (AvgIpc) is 1.95. The van der Waals surface area contributed by atoms with Gasteiger partial charge in [-0.05, 0) is 12.8 Å². The van der Waals surface area contributed by atoms with Crippen LogP contribution in [0.3, 0.4) is 0 Å². The lowest BCUT2D eigenvalue weighted by Gasteiger charge is -2.30. The number of methoxy groups -OCH3 is 1. The van der Waals surface area contributed by atoms with Crippen molar-refractivity contribution in [3.63, 3.8) is 0 Å². The minimum absolute atomic E-state index is 0.0330. The highest BCUT2D eigenvalue weighted by Crippen LogP contribution is 2.23. The quantitative estimate of drug-likeness (QED) is 0.539. The second-order valence-corrected chi connectivity index (χ2v) is 3.83. The van der Waals surface area contributed by atoms with Crippen LogP contribution in [0, 0.1) is 5.92 Å². The molecule has 66 valence electrons. The Kier molecular flexibility index (Phi) is 3.93. The van der Waals surface area contributed by atoms with Crippen molar-refractivity contribution < 1.29 is 4.74 Å². The molecule has 1 N–H and O–H groups in total. The van der Waals surface area contributed by atoms with E-state index in [9.17, 15) is 0 Å². The van der Waals surface area contributed by atoms with Crippen molar-refractivity contribution >= 4 is 23.2 Å². The molecule has 1 aliphatic rings. The number of halogens is 2. The average molecular weight is 198 g/mol. The van der Waals surface area contributed by atoms with E-state index in [2.05, 4.69) is 5.32 Å². The molecule has 0 radical (unpaired) electrons. The van der Waals surface area contributed by atoms with Gasteiger partial charge in [0.05, 0.1) is 17.6 Å². The first kappa shape index (κ1) is 9.59. The molecule has 1 rings (SSSR count). The minimum atomic E-state index is -0.0359. The number of hydrogen-bond acceptors (Lipinski definition) is 2. The summed E-state index contributed by atoms with van der Waals surface area (Å²) in [4.78, 5) is 0. The Balaban J connectivity index is 2.31. The molecular formula is C7H13Cl2NO. The highest BCUT2D eigenvalue weighted by Gasteiger charge is 2.26. The van der Waals surface area contributed by atoms with E-state index in [0.717, 1.165) is 12.8 Å². The maximum absolute atomic E-state index is 5.98. The van der Waals surface area contributed by atoms with Gasteiger partial charge in [-0.3, -0.25) is 5.32 Å². The summed E-state index contributed by atoms with van der Waals surface area (Å²) >= 11 is 11.8. The van der Waals surface area contributed by atoms with Crippen molar-refractivity contribution in [1.82, 2.24) is 5.32 Å². The fourth-order valence-electron chi connectivity index (χ4n) is 1.28. The standard InChI is InChI=1S/C7H13Cl2NO/c1-11-4-5-2-3-6(8)10-7(5)9/h5-7,10H,2-4H2,1H3. The van der Waals surface area contributed by atoms with E-state index in [0.29, 0.717) is 12.5 Å². The largest absolute Gasteiger partial charge is 0.384 e. The van der Waals surface area contributed by atoms with Crippen molar-refractivity contribution in [3.05, 3.63) is 0 Å². The Hall–Kier alpha value is 0.500. The first-order valence-electron chi connectivity index (χ1n) is 3.77. The number of rotatable bonds is 2. The van der Waals surface area contributed by atoms with Crippen molar-refractivity contribution in [2.24, 2.45) is 5.92 Å². The lowest BCUT2D eigenvalue weighted by molar-refractivity contribution is 0.127. The molecule has 0 aliphatic carbocycles. The van der Waals surface area contributed by atoms with Gasteiger partial charge in [0.2, 0.25) is 0 Å². The topological polar surface area (TPSA) is 21.3 Å². The first-order valence-corrected chi connectivity index (χ1v) is 4.64. The zero-order chi connectivity index (χ0) is 8.27. The number of nitrogens with one attached hydrogen (secondary N) is 1. The van der Waals surface area contributed by atoms with E-state index in [1.54, 1.807) is 7.11 Å². The van der Waals surface area contributed by atoms with Crippen LogP contribution in [0.5, 0.6) is 0 Å². The first-order chi connectivity index (χ1) is 5.24. The van der Waals surface area contributed by atoms with Gasteiger partial charge < -0.3 is 4.74 Å². The zero-order valence-electron chi connectivity index (χ0n) is 6.52. The molecular weight excluding hydrogens is 185 g/mol. The zero-order valence-corrected chi connectivity index (χ0v) is 8.03. The smallest absolute Gasteiger partial charge is 0.0887 e. The summed E-state index contributed by atoms with van der Waals surface area (Å²) in [5.41, 5.74) is -0.00296. The predicted molar refractivity (Wildman–Crippen MR) is 47.0 cm³/mol. The lowest BCUT2D eigenvalue weighted by Crippen LogP contribution is -2.43. The van der Waals surface area contributed by atoms with Gasteiger partial charge in [0.1, 0.15) is 0 Å². The van der Waals surface area contributed by atoms with Crippen LogP contribution in [-0.2, 0) is 4.74 Å². The molecule has 2 nitrogen and oxygen atoms in total. The summed E-state index contributed by atoms with van der Waals surface area (Å²) < 4.78 is 5.02. The van der Waals surface area contributed by atoms with Gasteiger partial charge in [0.25, 0.3) is 0 Å². The Morgan fingerprint density at radius 2 is 2.18 bits per heavy atom. The van der Waals surface area contributed by atoms with Crippen LogP contribution in [0.1, 0.15) is 12.8 Å². The van der Waals surface area contributed by atoms with Crippen LogP contribution < -0.4 is 5.32 Å². The number of piperidine rings is 1. The van der Waals surface area contributed by atoms with Gasteiger partial charge >= 0.3 is 0 Å². The molecule has 0 aromatic rings. The number of hydrogen-bond donors (Lipinski definition) is 1. The molecule has 3 unspecified atom stereocenters. The van der Waals surface area contributed by atoms with E-state index in [4.69, 9.17) is 27.9 Å². The molecule has 0 amide bonds. The SMILES string of the molecule is COCC1CCC(Cl)NC1Cl. The minimum Gasteiger partial charge on any atom is -0.384 e. The number of ether oxygens (including phenoxy) is 1. The summed E-state index contributed by atoms with van der Waals surface area (Å²) in [7, 11) is 1.69. The van der Waals surface area contributed by atoms with Gasteiger partial charge in [0.15, 0.2) is 0 Å². The molecule has 1 aliphatic heterocycles. The maximum atomic E-state index is 5.98. The van der Waals surface area contributed by atoms with Crippen molar-refractivity contribution in [3.8, 4) is 0 Å². The van der Waals surface area contributed by atoms with Crippen LogP contribution in [0.4, 0.5) is 0 Å². The van der Waals surface area contributed by atoms with Crippen LogP contribution >= 0.6 is 23.2 Å². The highest BCUT2D eigenvalue weighted by molar-refractivity contribution is 6.23. The van der Waals surface area contributed by atoms with E-state index >= 15 is 0 Å². The van der Waals surface area contributed by atoms with Crippen molar-refractivity contribution in [1.29, 1.82) is 0 Å². The second-order valence-electron chi connectivity index (χ2n) is 2.83. The molecule has 0 aromatic heterocycles. The Morgan fingerprint density at radius 1 is 1.45 bits per heavy atom. The second kappa shape index (κ2) is 4.51. The molecule has 11 heavy (non-hydrogen) atoms. The summed E-state index contributed by atoms with van der Waals surface area (Å²) in [6.45, 7) is 0.713.